The van der Waals surface area contributed by atoms with Crippen molar-refractivity contribution in [3.05, 3.63) is 48.3 Å². The second-order valence-electron chi connectivity index (χ2n) is 6.77. The lowest BCUT2D eigenvalue weighted by molar-refractivity contribution is 0.0783. The molecule has 1 aromatic heterocycles. The molecule has 1 aromatic carbocycles. The molecule has 23 heavy (non-hydrogen) atoms. The smallest absolute Gasteiger partial charge is 0.184 e. The van der Waals surface area contributed by atoms with Gasteiger partial charge in [0.05, 0.1) is 16.3 Å². The Kier molecular flexibility index (Phi) is 5.77. The summed E-state index contributed by atoms with van der Waals surface area (Å²) < 4.78 is 31.9. The fourth-order valence-electron chi connectivity index (χ4n) is 1.99. The van der Waals surface area contributed by atoms with E-state index >= 15 is 0 Å². The van der Waals surface area contributed by atoms with Crippen LogP contribution in [0.5, 0.6) is 0 Å². The molecule has 0 fully saturated rings. The zero-order valence-corrected chi connectivity index (χ0v) is 15.7. The van der Waals surface area contributed by atoms with Crippen molar-refractivity contribution in [2.45, 2.75) is 43.1 Å². The summed E-state index contributed by atoms with van der Waals surface area (Å²) in [5.41, 5.74) is 0.530. The summed E-state index contributed by atoms with van der Waals surface area (Å²) in [5.74, 6) is -0.0983. The molecular formula is C16H24N2O3SSi. The Morgan fingerprint density at radius 1 is 1.13 bits per heavy atom. The highest BCUT2D eigenvalue weighted by molar-refractivity contribution is 7.90. The van der Waals surface area contributed by atoms with E-state index in [4.69, 9.17) is 4.74 Å². The number of benzene rings is 1. The van der Waals surface area contributed by atoms with Gasteiger partial charge in [0.25, 0.3) is 0 Å². The molecule has 5 nitrogen and oxygen atoms in total. The van der Waals surface area contributed by atoms with Crippen LogP contribution in [0, 0.1) is 0 Å². The minimum Gasteiger partial charge on any atom is -0.360 e. The molecule has 2 rings (SSSR count). The van der Waals surface area contributed by atoms with E-state index in [0.29, 0.717) is 23.9 Å². The molecule has 0 aliphatic carbocycles. The third-order valence-electron chi connectivity index (χ3n) is 3.36. The highest BCUT2D eigenvalue weighted by Gasteiger charge is 2.16. The lowest BCUT2D eigenvalue weighted by Crippen LogP contribution is -2.22. The third kappa shape index (κ3) is 5.93. The van der Waals surface area contributed by atoms with Crippen molar-refractivity contribution < 1.29 is 13.2 Å². The van der Waals surface area contributed by atoms with Crippen molar-refractivity contribution in [1.29, 1.82) is 0 Å². The second kappa shape index (κ2) is 7.42. The minimum atomic E-state index is -3.36. The van der Waals surface area contributed by atoms with Crippen LogP contribution in [-0.4, -0.2) is 32.9 Å². The molecule has 0 radical (unpaired) electrons. The zero-order chi connectivity index (χ0) is 16.9. The molecule has 0 saturated carbocycles. The SMILES string of the molecule is C[Si](C)(C)CCOCn1ccc(CS(=O)(=O)c2ccccc2)n1. The summed E-state index contributed by atoms with van der Waals surface area (Å²) in [5, 5.41) is 4.28. The van der Waals surface area contributed by atoms with Crippen LogP contribution in [0.3, 0.4) is 0 Å². The van der Waals surface area contributed by atoms with E-state index in [1.807, 2.05) is 0 Å². The van der Waals surface area contributed by atoms with Gasteiger partial charge < -0.3 is 4.74 Å². The maximum Gasteiger partial charge on any atom is 0.184 e. The maximum absolute atomic E-state index is 12.3. The van der Waals surface area contributed by atoms with Crippen LogP contribution in [0.4, 0.5) is 0 Å². The first-order chi connectivity index (χ1) is 10.8. The number of nitrogens with zero attached hydrogens (tertiary/aromatic N) is 2. The summed E-state index contributed by atoms with van der Waals surface area (Å²) in [4.78, 5) is 0.320. The van der Waals surface area contributed by atoms with Gasteiger partial charge >= 0.3 is 0 Å². The van der Waals surface area contributed by atoms with Crippen molar-refractivity contribution in [3.8, 4) is 0 Å². The molecule has 0 aliphatic heterocycles. The van der Waals surface area contributed by atoms with Gasteiger partial charge in [-0.3, -0.25) is 0 Å². The van der Waals surface area contributed by atoms with Gasteiger partial charge in [-0.05, 0) is 24.2 Å². The molecular weight excluding hydrogens is 328 g/mol. The Bertz CT molecular complexity index is 721. The normalized spacial score (nSPS) is 12.5. The van der Waals surface area contributed by atoms with Crippen molar-refractivity contribution >= 4 is 17.9 Å². The summed E-state index contributed by atoms with van der Waals surface area (Å²) in [6, 6.07) is 11.3. The highest BCUT2D eigenvalue weighted by Crippen LogP contribution is 2.15. The minimum absolute atomic E-state index is 0.0983. The second-order valence-corrected chi connectivity index (χ2v) is 14.4. The van der Waals surface area contributed by atoms with Crippen molar-refractivity contribution in [2.24, 2.45) is 0 Å². The Labute approximate surface area is 139 Å². The monoisotopic (exact) mass is 352 g/mol. The fourth-order valence-corrected chi connectivity index (χ4v) is 4.03. The number of hydrogen-bond donors (Lipinski definition) is 0. The van der Waals surface area contributed by atoms with Gasteiger partial charge in [0, 0.05) is 20.9 Å². The third-order valence-corrected chi connectivity index (χ3v) is 6.73. The van der Waals surface area contributed by atoms with Crippen LogP contribution >= 0.6 is 0 Å². The molecule has 0 bridgehead atoms. The summed E-state index contributed by atoms with van der Waals surface area (Å²) in [6.45, 7) is 7.98. The number of hydrogen-bond acceptors (Lipinski definition) is 4. The Morgan fingerprint density at radius 3 is 2.48 bits per heavy atom. The van der Waals surface area contributed by atoms with Gasteiger partial charge in [0.2, 0.25) is 0 Å². The molecule has 0 aliphatic rings. The van der Waals surface area contributed by atoms with Crippen LogP contribution in [0.15, 0.2) is 47.5 Å². The van der Waals surface area contributed by atoms with Gasteiger partial charge in [0.1, 0.15) is 6.73 Å². The van der Waals surface area contributed by atoms with Gasteiger partial charge in [0.15, 0.2) is 9.84 Å². The summed E-state index contributed by atoms with van der Waals surface area (Å²) in [7, 11) is -4.45. The predicted octanol–water partition coefficient (Wildman–Crippen LogP) is 3.17. The lowest BCUT2D eigenvalue weighted by atomic mass is 10.4. The topological polar surface area (TPSA) is 61.2 Å². The Hall–Kier alpha value is -1.44. The molecule has 0 spiro atoms. The Balaban J connectivity index is 1.90. The van der Waals surface area contributed by atoms with E-state index < -0.39 is 17.9 Å². The highest BCUT2D eigenvalue weighted by atomic mass is 32.2. The number of ether oxygens (including phenoxy) is 1. The molecule has 1 heterocycles. The first-order valence-corrected chi connectivity index (χ1v) is 13.0. The fraction of sp³-hybridized carbons (Fsp3) is 0.438. The largest absolute Gasteiger partial charge is 0.360 e. The molecule has 7 heteroatoms. The molecule has 2 aromatic rings. The predicted molar refractivity (Wildman–Crippen MR) is 93.7 cm³/mol. The van der Waals surface area contributed by atoms with Crippen LogP contribution in [0.25, 0.3) is 0 Å². The van der Waals surface area contributed by atoms with Crippen molar-refractivity contribution in [2.75, 3.05) is 6.61 Å². The molecule has 126 valence electrons. The molecule has 0 saturated heterocycles. The molecule has 0 atom stereocenters. The van der Waals surface area contributed by atoms with E-state index in [0.717, 1.165) is 6.04 Å². The van der Waals surface area contributed by atoms with E-state index in [9.17, 15) is 8.42 Å². The van der Waals surface area contributed by atoms with Crippen molar-refractivity contribution in [1.82, 2.24) is 9.78 Å². The zero-order valence-electron chi connectivity index (χ0n) is 13.9. The lowest BCUT2D eigenvalue weighted by Gasteiger charge is -2.15. The number of aromatic nitrogens is 2. The molecule has 0 unspecified atom stereocenters. The van der Waals surface area contributed by atoms with Crippen LogP contribution in [0.1, 0.15) is 5.69 Å². The maximum atomic E-state index is 12.3. The first-order valence-electron chi connectivity index (χ1n) is 7.64. The van der Waals surface area contributed by atoms with E-state index in [-0.39, 0.29) is 5.75 Å². The van der Waals surface area contributed by atoms with Crippen LogP contribution in [0.2, 0.25) is 25.7 Å². The van der Waals surface area contributed by atoms with Crippen LogP contribution < -0.4 is 0 Å². The number of rotatable bonds is 8. The van der Waals surface area contributed by atoms with Gasteiger partial charge in [-0.1, -0.05) is 37.8 Å². The van der Waals surface area contributed by atoms with Crippen molar-refractivity contribution in [3.63, 3.8) is 0 Å². The Morgan fingerprint density at radius 2 is 1.83 bits per heavy atom. The summed E-state index contributed by atoms with van der Waals surface area (Å²) >= 11 is 0. The van der Waals surface area contributed by atoms with Gasteiger partial charge in [-0.2, -0.15) is 5.10 Å². The quantitative estimate of drug-likeness (QED) is 0.541. The van der Waals surface area contributed by atoms with E-state index in [1.54, 1.807) is 47.3 Å². The van der Waals surface area contributed by atoms with Gasteiger partial charge in [-0.25, -0.2) is 13.1 Å². The molecule has 0 N–H and O–H groups in total. The van der Waals surface area contributed by atoms with E-state index in [1.165, 1.54) is 0 Å². The average molecular weight is 353 g/mol. The van der Waals surface area contributed by atoms with E-state index in [2.05, 4.69) is 24.7 Å². The number of sulfone groups is 1. The average Bonchev–Trinajstić information content (AvgIpc) is 2.90. The standard InChI is InChI=1S/C16H24N2O3SSi/c1-23(2,3)12-11-21-14-18-10-9-15(17-18)13-22(19,20)16-7-5-4-6-8-16/h4-10H,11-14H2,1-3H3. The van der Waals surface area contributed by atoms with Gasteiger partial charge in [-0.15, -0.1) is 0 Å². The molecule has 0 amide bonds. The van der Waals surface area contributed by atoms with Crippen LogP contribution in [-0.2, 0) is 27.1 Å². The first kappa shape index (κ1) is 17.9. The summed E-state index contributed by atoms with van der Waals surface area (Å²) in [6.07, 6.45) is 1.75.